The first-order chi connectivity index (χ1) is 13.9. The standard InChI is InChI=1S/C22H19N3O4/c1-3-11-5-6-16-13(18(11)23)7-12-9-25-17(19(12)24-16)8-15-14(20(25)26)10-29-21(27)22(15,28)4-2/h3,5-8,28H,1,4,9-10,23H2,2H3/t22-/m0/s1. The fourth-order valence-electron chi connectivity index (χ4n) is 4.27. The van der Waals surface area contributed by atoms with Gasteiger partial charge in [-0.25, -0.2) is 9.78 Å². The summed E-state index contributed by atoms with van der Waals surface area (Å²) in [6, 6.07) is 7.36. The summed E-state index contributed by atoms with van der Waals surface area (Å²) < 4.78 is 6.70. The van der Waals surface area contributed by atoms with E-state index in [4.69, 9.17) is 15.5 Å². The first kappa shape index (κ1) is 17.6. The summed E-state index contributed by atoms with van der Waals surface area (Å²) in [5.41, 5.74) is 8.99. The minimum Gasteiger partial charge on any atom is -0.458 e. The van der Waals surface area contributed by atoms with Crippen molar-refractivity contribution in [1.82, 2.24) is 9.55 Å². The number of carbonyl (C=O) groups is 1. The van der Waals surface area contributed by atoms with Gasteiger partial charge in [0.1, 0.15) is 6.61 Å². The molecule has 0 saturated heterocycles. The van der Waals surface area contributed by atoms with Gasteiger partial charge in [0.2, 0.25) is 0 Å². The van der Waals surface area contributed by atoms with E-state index in [-0.39, 0.29) is 18.6 Å². The van der Waals surface area contributed by atoms with Crippen LogP contribution in [0.4, 0.5) is 5.69 Å². The van der Waals surface area contributed by atoms with E-state index in [0.29, 0.717) is 40.3 Å². The highest BCUT2D eigenvalue weighted by Gasteiger charge is 2.45. The van der Waals surface area contributed by atoms with Crippen molar-refractivity contribution in [2.24, 2.45) is 0 Å². The van der Waals surface area contributed by atoms with Crippen LogP contribution in [-0.2, 0) is 28.3 Å². The molecule has 7 nitrogen and oxygen atoms in total. The van der Waals surface area contributed by atoms with Gasteiger partial charge in [-0.3, -0.25) is 4.79 Å². The second-order valence-electron chi connectivity index (χ2n) is 7.44. The zero-order valence-electron chi connectivity index (χ0n) is 15.9. The van der Waals surface area contributed by atoms with Gasteiger partial charge >= 0.3 is 5.97 Å². The van der Waals surface area contributed by atoms with Gasteiger partial charge in [-0.05, 0) is 30.2 Å². The molecule has 0 fully saturated rings. The van der Waals surface area contributed by atoms with Crippen molar-refractivity contribution >= 4 is 28.6 Å². The number of pyridine rings is 2. The molecule has 1 atom stereocenters. The Morgan fingerprint density at radius 2 is 2.17 bits per heavy atom. The number of nitrogens with two attached hydrogens (primary N) is 1. The van der Waals surface area contributed by atoms with Crippen molar-refractivity contribution in [3.63, 3.8) is 0 Å². The second-order valence-corrected chi connectivity index (χ2v) is 7.44. The molecule has 1 aromatic carbocycles. The summed E-state index contributed by atoms with van der Waals surface area (Å²) in [5, 5.41) is 11.7. The topological polar surface area (TPSA) is 107 Å². The molecule has 2 aliphatic heterocycles. The maximum absolute atomic E-state index is 13.1. The van der Waals surface area contributed by atoms with Crippen LogP contribution in [0.3, 0.4) is 0 Å². The van der Waals surface area contributed by atoms with Gasteiger partial charge < -0.3 is 20.1 Å². The fraction of sp³-hybridized carbons (Fsp3) is 0.227. The molecule has 2 aliphatic rings. The van der Waals surface area contributed by atoms with Crippen molar-refractivity contribution in [2.75, 3.05) is 5.73 Å². The SMILES string of the molecule is C=Cc1ccc2nc3c(cc2c1N)Cn1c-3cc2c(c1=O)COC(=O)[C@]2(O)CC. The Bertz CT molecular complexity index is 1310. The molecule has 4 heterocycles. The molecule has 146 valence electrons. The smallest absolute Gasteiger partial charge is 0.343 e. The highest BCUT2D eigenvalue weighted by Crippen LogP contribution is 2.39. The fourth-order valence-corrected chi connectivity index (χ4v) is 4.27. The summed E-state index contributed by atoms with van der Waals surface area (Å²) in [4.78, 5) is 30.1. The molecule has 0 bridgehead atoms. The first-order valence-electron chi connectivity index (χ1n) is 9.40. The average Bonchev–Trinajstić information content (AvgIpc) is 3.08. The number of ether oxygens (including phenoxy) is 1. The molecule has 7 heteroatoms. The van der Waals surface area contributed by atoms with Crippen molar-refractivity contribution in [1.29, 1.82) is 0 Å². The summed E-state index contributed by atoms with van der Waals surface area (Å²) >= 11 is 0. The van der Waals surface area contributed by atoms with E-state index in [9.17, 15) is 14.7 Å². The number of aliphatic hydroxyl groups is 1. The lowest BCUT2D eigenvalue weighted by atomic mass is 9.86. The molecule has 0 amide bonds. The number of esters is 1. The second kappa shape index (κ2) is 5.78. The van der Waals surface area contributed by atoms with Crippen LogP contribution in [0.25, 0.3) is 28.4 Å². The molecule has 29 heavy (non-hydrogen) atoms. The largest absolute Gasteiger partial charge is 0.458 e. The third kappa shape index (κ3) is 2.19. The Hall–Kier alpha value is -3.45. The number of benzene rings is 1. The molecule has 0 spiro atoms. The Balaban J connectivity index is 1.79. The van der Waals surface area contributed by atoms with E-state index in [1.54, 1.807) is 23.6 Å². The molecule has 0 unspecified atom stereocenters. The van der Waals surface area contributed by atoms with E-state index in [2.05, 4.69) is 6.58 Å². The van der Waals surface area contributed by atoms with Gasteiger partial charge in [-0.15, -0.1) is 0 Å². The Labute approximate surface area is 166 Å². The molecule has 0 saturated carbocycles. The third-order valence-corrected chi connectivity index (χ3v) is 5.99. The molecule has 3 aromatic rings. The molecule has 3 N–H and O–H groups in total. The molecule has 5 rings (SSSR count). The van der Waals surface area contributed by atoms with Gasteiger partial charge in [0, 0.05) is 22.2 Å². The predicted octanol–water partition coefficient (Wildman–Crippen LogP) is 2.30. The number of aromatic nitrogens is 2. The van der Waals surface area contributed by atoms with Crippen LogP contribution >= 0.6 is 0 Å². The number of rotatable bonds is 2. The Kier molecular flexibility index (Phi) is 3.51. The van der Waals surface area contributed by atoms with Crippen molar-refractivity contribution < 1.29 is 14.6 Å². The number of carbonyl (C=O) groups excluding carboxylic acids is 1. The summed E-state index contributed by atoms with van der Waals surface area (Å²) in [6.07, 6.45) is 1.80. The molecular formula is C22H19N3O4. The van der Waals surface area contributed by atoms with Crippen LogP contribution < -0.4 is 11.3 Å². The quantitative estimate of drug-likeness (QED) is 0.402. The van der Waals surface area contributed by atoms with Crippen LogP contribution in [0.1, 0.15) is 35.6 Å². The average molecular weight is 389 g/mol. The molecule has 0 radical (unpaired) electrons. The lowest BCUT2D eigenvalue weighted by Gasteiger charge is -2.31. The zero-order valence-corrected chi connectivity index (χ0v) is 15.9. The van der Waals surface area contributed by atoms with Crippen LogP contribution in [0.15, 0.2) is 35.6 Å². The maximum atomic E-state index is 13.1. The van der Waals surface area contributed by atoms with Crippen LogP contribution in [0.5, 0.6) is 0 Å². The van der Waals surface area contributed by atoms with Gasteiger partial charge in [0.15, 0.2) is 5.60 Å². The number of nitrogens with zero attached hydrogens (tertiary/aromatic N) is 2. The maximum Gasteiger partial charge on any atom is 0.343 e. The number of anilines is 1. The van der Waals surface area contributed by atoms with Crippen molar-refractivity contribution in [3.8, 4) is 11.4 Å². The first-order valence-corrected chi connectivity index (χ1v) is 9.40. The number of hydrogen-bond donors (Lipinski definition) is 2. The number of fused-ring (bicyclic) bond motifs is 5. The Morgan fingerprint density at radius 1 is 1.38 bits per heavy atom. The zero-order chi connectivity index (χ0) is 20.5. The van der Waals surface area contributed by atoms with Crippen LogP contribution in [-0.4, -0.2) is 20.6 Å². The normalized spacial score (nSPS) is 19.4. The van der Waals surface area contributed by atoms with E-state index in [1.165, 1.54) is 0 Å². The van der Waals surface area contributed by atoms with E-state index in [0.717, 1.165) is 16.5 Å². The van der Waals surface area contributed by atoms with Crippen LogP contribution in [0.2, 0.25) is 0 Å². The third-order valence-electron chi connectivity index (χ3n) is 5.99. The van der Waals surface area contributed by atoms with E-state index >= 15 is 0 Å². The lowest BCUT2D eigenvalue weighted by Crippen LogP contribution is -2.44. The molecular weight excluding hydrogens is 370 g/mol. The molecule has 0 aliphatic carbocycles. The highest BCUT2D eigenvalue weighted by atomic mass is 16.6. The number of cyclic esters (lactones) is 1. The minimum absolute atomic E-state index is 0.112. The van der Waals surface area contributed by atoms with E-state index < -0.39 is 11.6 Å². The summed E-state index contributed by atoms with van der Waals surface area (Å²) in [7, 11) is 0. The lowest BCUT2D eigenvalue weighted by molar-refractivity contribution is -0.172. The monoisotopic (exact) mass is 389 g/mol. The van der Waals surface area contributed by atoms with Gasteiger partial charge in [-0.1, -0.05) is 25.6 Å². The summed E-state index contributed by atoms with van der Waals surface area (Å²) in [6.45, 7) is 5.66. The molecule has 2 aromatic heterocycles. The van der Waals surface area contributed by atoms with Gasteiger partial charge in [0.25, 0.3) is 5.56 Å². The van der Waals surface area contributed by atoms with Crippen molar-refractivity contribution in [3.05, 3.63) is 63.5 Å². The van der Waals surface area contributed by atoms with Gasteiger partial charge in [-0.2, -0.15) is 0 Å². The van der Waals surface area contributed by atoms with Crippen LogP contribution in [0, 0.1) is 0 Å². The predicted molar refractivity (Wildman–Crippen MR) is 109 cm³/mol. The summed E-state index contributed by atoms with van der Waals surface area (Å²) in [5.74, 6) is -0.730. The van der Waals surface area contributed by atoms with Crippen molar-refractivity contribution in [2.45, 2.75) is 32.1 Å². The minimum atomic E-state index is -1.83. The number of nitrogen functional groups attached to an aromatic ring is 1. The van der Waals surface area contributed by atoms with E-state index in [1.807, 2.05) is 18.2 Å². The number of hydrogen-bond acceptors (Lipinski definition) is 6. The van der Waals surface area contributed by atoms with Gasteiger partial charge in [0.05, 0.1) is 29.0 Å². The highest BCUT2D eigenvalue weighted by molar-refractivity contribution is 5.96. The Morgan fingerprint density at radius 3 is 2.90 bits per heavy atom.